The van der Waals surface area contributed by atoms with Gasteiger partial charge in [0.25, 0.3) is 0 Å². The number of rotatable bonds is 5. The first kappa shape index (κ1) is 15.1. The van der Waals surface area contributed by atoms with Crippen LogP contribution in [0.25, 0.3) is 11.3 Å². The molecule has 2 heterocycles. The number of nitrogens with zero attached hydrogens (tertiary/aromatic N) is 4. The Morgan fingerprint density at radius 2 is 2.05 bits per heavy atom. The number of hydrogen-bond donors (Lipinski definition) is 1. The molecule has 7 heteroatoms. The minimum absolute atomic E-state index is 0.152. The van der Waals surface area contributed by atoms with Crippen LogP contribution in [0.3, 0.4) is 0 Å². The van der Waals surface area contributed by atoms with Crippen molar-refractivity contribution < 1.29 is 14.6 Å². The van der Waals surface area contributed by atoms with Crippen molar-refractivity contribution in [3.63, 3.8) is 0 Å². The summed E-state index contributed by atoms with van der Waals surface area (Å²) in [5.41, 5.74) is 0.659. The molecule has 0 spiro atoms. The fraction of sp³-hybridized carbons (Fsp3) is 0.429. The summed E-state index contributed by atoms with van der Waals surface area (Å²) in [6, 6.07) is 3.54. The van der Waals surface area contributed by atoms with Crippen molar-refractivity contribution in [3.8, 4) is 11.3 Å². The van der Waals surface area contributed by atoms with E-state index >= 15 is 0 Å². The summed E-state index contributed by atoms with van der Waals surface area (Å²) in [6.45, 7) is 3.87. The van der Waals surface area contributed by atoms with Gasteiger partial charge in [0.2, 0.25) is 0 Å². The van der Waals surface area contributed by atoms with Gasteiger partial charge in [-0.1, -0.05) is 5.21 Å². The van der Waals surface area contributed by atoms with Gasteiger partial charge in [0.05, 0.1) is 12.7 Å². The molecule has 0 amide bonds. The summed E-state index contributed by atoms with van der Waals surface area (Å²) >= 11 is 0. The molecule has 112 valence electrons. The second-order valence-electron chi connectivity index (χ2n) is 5.30. The first-order valence-corrected chi connectivity index (χ1v) is 6.57. The molecule has 2 aromatic rings. The zero-order valence-corrected chi connectivity index (χ0v) is 12.3. The average molecular weight is 290 g/mol. The first-order chi connectivity index (χ1) is 9.92. The number of hydrogen-bond acceptors (Lipinski definition) is 6. The molecule has 2 rings (SSSR count). The van der Waals surface area contributed by atoms with Gasteiger partial charge < -0.3 is 9.84 Å². The van der Waals surface area contributed by atoms with E-state index in [0.29, 0.717) is 18.7 Å². The second-order valence-corrected chi connectivity index (χ2v) is 5.30. The Bertz CT molecular complexity index is 617. The van der Waals surface area contributed by atoms with Gasteiger partial charge in [0.1, 0.15) is 5.69 Å². The number of methoxy groups -OCH3 is 1. The van der Waals surface area contributed by atoms with Crippen LogP contribution in [0.15, 0.2) is 24.5 Å². The molecule has 0 aliphatic heterocycles. The summed E-state index contributed by atoms with van der Waals surface area (Å²) < 4.78 is 6.33. The van der Waals surface area contributed by atoms with Gasteiger partial charge in [-0.15, -0.1) is 5.10 Å². The van der Waals surface area contributed by atoms with Gasteiger partial charge in [0, 0.05) is 24.5 Å². The van der Waals surface area contributed by atoms with Crippen LogP contribution in [-0.4, -0.2) is 43.8 Å². The lowest BCUT2D eigenvalue weighted by molar-refractivity contribution is 0.0594. The molecule has 0 atom stereocenters. The van der Waals surface area contributed by atoms with E-state index in [1.807, 2.05) is 0 Å². The number of aryl methyl sites for hydroxylation is 1. The van der Waals surface area contributed by atoms with Crippen LogP contribution in [-0.2, 0) is 11.3 Å². The zero-order valence-electron chi connectivity index (χ0n) is 12.3. The molecule has 7 nitrogen and oxygen atoms in total. The Balaban J connectivity index is 2.42. The third-order valence-electron chi connectivity index (χ3n) is 3.00. The Morgan fingerprint density at radius 3 is 2.62 bits per heavy atom. The largest absolute Gasteiger partial charge is 0.464 e. The molecule has 1 N–H and O–H groups in total. The van der Waals surface area contributed by atoms with Gasteiger partial charge in [0.15, 0.2) is 5.69 Å². The highest BCUT2D eigenvalue weighted by molar-refractivity contribution is 5.93. The molecule has 0 aliphatic carbocycles. The Morgan fingerprint density at radius 1 is 1.38 bits per heavy atom. The van der Waals surface area contributed by atoms with Gasteiger partial charge in [-0.3, -0.25) is 4.98 Å². The smallest absolute Gasteiger partial charge is 0.360 e. The van der Waals surface area contributed by atoms with Crippen LogP contribution in [0.5, 0.6) is 0 Å². The number of carbonyl (C=O) groups excluding carboxylic acids is 1. The lowest BCUT2D eigenvalue weighted by Crippen LogP contribution is -2.21. The van der Waals surface area contributed by atoms with E-state index in [1.165, 1.54) is 7.11 Å². The van der Waals surface area contributed by atoms with Crippen LogP contribution in [0, 0.1) is 0 Å². The normalized spacial score (nSPS) is 11.4. The summed E-state index contributed by atoms with van der Waals surface area (Å²) in [5, 5.41) is 17.7. The molecule has 0 unspecified atom stereocenters. The molecule has 0 saturated heterocycles. The van der Waals surface area contributed by atoms with E-state index in [0.717, 1.165) is 5.56 Å². The molecule has 21 heavy (non-hydrogen) atoms. The van der Waals surface area contributed by atoms with Gasteiger partial charge in [-0.25, -0.2) is 9.48 Å². The van der Waals surface area contributed by atoms with Crippen molar-refractivity contribution in [2.24, 2.45) is 0 Å². The zero-order chi connectivity index (χ0) is 15.5. The minimum Gasteiger partial charge on any atom is -0.464 e. The first-order valence-electron chi connectivity index (χ1n) is 6.57. The summed E-state index contributed by atoms with van der Waals surface area (Å²) in [5.74, 6) is -0.545. The maximum Gasteiger partial charge on any atom is 0.360 e. The Hall–Kier alpha value is -2.28. The van der Waals surface area contributed by atoms with E-state index < -0.39 is 11.6 Å². The van der Waals surface area contributed by atoms with E-state index in [9.17, 15) is 9.90 Å². The topological polar surface area (TPSA) is 90.1 Å². The number of carbonyl (C=O) groups is 1. The maximum atomic E-state index is 11.8. The van der Waals surface area contributed by atoms with Crippen molar-refractivity contribution in [2.45, 2.75) is 32.4 Å². The molecular weight excluding hydrogens is 272 g/mol. The van der Waals surface area contributed by atoms with E-state index in [-0.39, 0.29) is 5.69 Å². The van der Waals surface area contributed by atoms with Crippen molar-refractivity contribution in [3.05, 3.63) is 30.2 Å². The Kier molecular flexibility index (Phi) is 4.32. The molecule has 0 fully saturated rings. The lowest BCUT2D eigenvalue weighted by atomic mass is 10.1. The standard InChI is InChI=1S/C14H18N4O3/c1-14(2,20)6-9-18-12(10-4-7-15-8-5-10)11(16-17-18)13(19)21-3/h4-5,7-8,20H,6,9H2,1-3H3. The molecule has 0 bridgehead atoms. The van der Waals surface area contributed by atoms with Gasteiger partial charge in [-0.05, 0) is 32.4 Å². The highest BCUT2D eigenvalue weighted by Gasteiger charge is 2.23. The predicted octanol–water partition coefficient (Wildman–Crippen LogP) is 1.29. The highest BCUT2D eigenvalue weighted by atomic mass is 16.5. The number of aromatic nitrogens is 4. The number of ether oxygens (including phenoxy) is 1. The predicted molar refractivity (Wildman–Crippen MR) is 75.5 cm³/mol. The van der Waals surface area contributed by atoms with Crippen molar-refractivity contribution in [1.29, 1.82) is 0 Å². The van der Waals surface area contributed by atoms with E-state index in [1.54, 1.807) is 43.1 Å². The van der Waals surface area contributed by atoms with Crippen molar-refractivity contribution >= 4 is 5.97 Å². The highest BCUT2D eigenvalue weighted by Crippen LogP contribution is 2.23. The van der Waals surface area contributed by atoms with Crippen LogP contribution < -0.4 is 0 Å². The fourth-order valence-corrected chi connectivity index (χ4v) is 1.88. The molecular formula is C14H18N4O3. The molecule has 0 aliphatic rings. The van der Waals surface area contributed by atoms with E-state index in [2.05, 4.69) is 15.3 Å². The summed E-state index contributed by atoms with van der Waals surface area (Å²) in [6.07, 6.45) is 3.74. The lowest BCUT2D eigenvalue weighted by Gasteiger charge is -2.17. The SMILES string of the molecule is COC(=O)c1nnn(CCC(C)(C)O)c1-c1ccncc1. The Labute approximate surface area is 122 Å². The summed E-state index contributed by atoms with van der Waals surface area (Å²) in [4.78, 5) is 15.8. The van der Waals surface area contributed by atoms with Gasteiger partial charge >= 0.3 is 5.97 Å². The minimum atomic E-state index is -0.826. The molecule has 0 radical (unpaired) electrons. The van der Waals surface area contributed by atoms with Crippen LogP contribution in [0.4, 0.5) is 0 Å². The summed E-state index contributed by atoms with van der Waals surface area (Å²) in [7, 11) is 1.30. The molecule has 0 aromatic carbocycles. The number of esters is 1. The third kappa shape index (κ3) is 3.63. The van der Waals surface area contributed by atoms with E-state index in [4.69, 9.17) is 4.74 Å². The van der Waals surface area contributed by atoms with Crippen LogP contribution in [0.1, 0.15) is 30.8 Å². The fourth-order valence-electron chi connectivity index (χ4n) is 1.88. The van der Waals surface area contributed by atoms with Crippen LogP contribution in [0.2, 0.25) is 0 Å². The second kappa shape index (κ2) is 6.01. The quantitative estimate of drug-likeness (QED) is 0.834. The monoisotopic (exact) mass is 290 g/mol. The molecule has 0 saturated carbocycles. The van der Waals surface area contributed by atoms with Crippen LogP contribution >= 0.6 is 0 Å². The average Bonchev–Trinajstić information content (AvgIpc) is 2.88. The maximum absolute atomic E-state index is 11.8. The number of pyridine rings is 1. The van der Waals surface area contributed by atoms with Crippen molar-refractivity contribution in [1.82, 2.24) is 20.0 Å². The van der Waals surface area contributed by atoms with Crippen molar-refractivity contribution in [2.75, 3.05) is 7.11 Å². The van der Waals surface area contributed by atoms with Gasteiger partial charge in [-0.2, -0.15) is 0 Å². The third-order valence-corrected chi connectivity index (χ3v) is 3.00. The molecule has 2 aromatic heterocycles. The number of aliphatic hydroxyl groups is 1.